The minimum atomic E-state index is 0.0542. The van der Waals surface area contributed by atoms with Crippen molar-refractivity contribution in [3.63, 3.8) is 0 Å². The van der Waals surface area contributed by atoms with Crippen molar-refractivity contribution in [3.05, 3.63) is 40.9 Å². The van der Waals surface area contributed by atoms with E-state index in [0.717, 1.165) is 5.56 Å². The average molecular weight is 396 g/mol. The monoisotopic (exact) mass is 395 g/mol. The predicted octanol–water partition coefficient (Wildman–Crippen LogP) is 3.39. The van der Waals surface area contributed by atoms with E-state index in [1.54, 1.807) is 24.3 Å². The molecule has 0 saturated carbocycles. The first-order chi connectivity index (χ1) is 12.5. The van der Waals surface area contributed by atoms with Crippen LogP contribution in [0.15, 0.2) is 35.4 Å². The van der Waals surface area contributed by atoms with Crippen LogP contribution in [0.25, 0.3) is 0 Å². The molecule has 3 N–H and O–H groups in total. The Balaban J connectivity index is 2.05. The predicted molar refractivity (Wildman–Crippen MR) is 106 cm³/mol. The summed E-state index contributed by atoms with van der Waals surface area (Å²) in [6, 6.07) is 8.14. The van der Waals surface area contributed by atoms with Crippen molar-refractivity contribution in [2.75, 3.05) is 26.6 Å². The highest BCUT2D eigenvalue weighted by atomic mass is 35.5. The number of halogens is 1. The zero-order valence-electron chi connectivity index (χ0n) is 14.4. The molecule has 2 aromatic rings. The lowest BCUT2D eigenvalue weighted by Gasteiger charge is -2.14. The molecule has 0 heterocycles. The van der Waals surface area contributed by atoms with E-state index in [9.17, 15) is 5.11 Å². The van der Waals surface area contributed by atoms with E-state index < -0.39 is 0 Å². The van der Waals surface area contributed by atoms with E-state index in [0.29, 0.717) is 28.0 Å². The molecule has 9 heteroatoms. The highest BCUT2D eigenvalue weighted by Gasteiger charge is 2.11. The number of anilines is 1. The van der Waals surface area contributed by atoms with Gasteiger partial charge in [-0.05, 0) is 36.0 Å². The lowest BCUT2D eigenvalue weighted by molar-refractivity contribution is 0.373. The van der Waals surface area contributed by atoms with Crippen LogP contribution in [0.1, 0.15) is 5.56 Å². The van der Waals surface area contributed by atoms with E-state index in [-0.39, 0.29) is 10.9 Å². The van der Waals surface area contributed by atoms with Gasteiger partial charge in [-0.2, -0.15) is 5.10 Å². The van der Waals surface area contributed by atoms with Crippen LogP contribution >= 0.6 is 23.8 Å². The van der Waals surface area contributed by atoms with Gasteiger partial charge in [-0.3, -0.25) is 5.43 Å². The number of aromatic hydroxyl groups is 1. The molecular weight excluding hydrogens is 378 g/mol. The fourth-order valence-corrected chi connectivity index (χ4v) is 2.44. The van der Waals surface area contributed by atoms with Gasteiger partial charge in [-0.1, -0.05) is 11.6 Å². The Labute approximate surface area is 161 Å². The largest absolute Gasteiger partial charge is 0.504 e. The number of rotatable bonds is 6. The van der Waals surface area contributed by atoms with Crippen LogP contribution in [-0.2, 0) is 0 Å². The zero-order valence-corrected chi connectivity index (χ0v) is 15.9. The van der Waals surface area contributed by atoms with Crippen LogP contribution < -0.4 is 25.0 Å². The molecular formula is C17H18ClN3O4S. The molecule has 0 amide bonds. The lowest BCUT2D eigenvalue weighted by atomic mass is 10.2. The molecule has 2 aromatic carbocycles. The standard InChI is InChI=1S/C17H18ClN3O4S/c1-23-14-8-12(15(24-2)7-11(14)18)20-17(26)21-19-9-10-4-5-13(22)16(6-10)25-3/h4-9,22H,1-3H3,(H2,20,21,26). The molecule has 0 spiro atoms. The SMILES string of the molecule is COc1cc(C=NNC(=S)Nc2cc(OC)c(Cl)cc2OC)ccc1O. The number of phenols is 1. The summed E-state index contributed by atoms with van der Waals surface area (Å²) in [5, 5.41) is 17.3. The number of hydrogen-bond acceptors (Lipinski definition) is 6. The van der Waals surface area contributed by atoms with Crippen molar-refractivity contribution >= 4 is 40.8 Å². The van der Waals surface area contributed by atoms with Gasteiger partial charge in [0.25, 0.3) is 0 Å². The van der Waals surface area contributed by atoms with Crippen molar-refractivity contribution in [1.82, 2.24) is 5.43 Å². The van der Waals surface area contributed by atoms with E-state index in [2.05, 4.69) is 15.8 Å². The van der Waals surface area contributed by atoms with Gasteiger partial charge in [0.1, 0.15) is 11.5 Å². The maximum absolute atomic E-state index is 9.58. The first kappa shape index (κ1) is 19.6. The highest BCUT2D eigenvalue weighted by Crippen LogP contribution is 2.35. The van der Waals surface area contributed by atoms with Gasteiger partial charge < -0.3 is 24.6 Å². The molecule has 2 rings (SSSR count). The maximum atomic E-state index is 9.58. The van der Waals surface area contributed by atoms with Gasteiger partial charge in [-0.15, -0.1) is 0 Å². The minimum Gasteiger partial charge on any atom is -0.504 e. The third kappa shape index (κ3) is 4.90. The second-order valence-electron chi connectivity index (χ2n) is 4.94. The summed E-state index contributed by atoms with van der Waals surface area (Å²) in [6.45, 7) is 0. The van der Waals surface area contributed by atoms with Crippen LogP contribution in [0, 0.1) is 0 Å². The van der Waals surface area contributed by atoms with Gasteiger partial charge >= 0.3 is 0 Å². The third-order valence-corrected chi connectivity index (χ3v) is 3.79. The molecule has 0 atom stereocenters. The molecule has 0 aromatic heterocycles. The normalized spacial score (nSPS) is 10.5. The summed E-state index contributed by atoms with van der Waals surface area (Å²) in [5.74, 6) is 1.40. The van der Waals surface area contributed by atoms with Crippen LogP contribution in [-0.4, -0.2) is 37.8 Å². The second kappa shape index (κ2) is 9.12. The number of ether oxygens (including phenoxy) is 3. The number of hydrazone groups is 1. The first-order valence-corrected chi connectivity index (χ1v) is 8.15. The maximum Gasteiger partial charge on any atom is 0.191 e. The molecule has 0 aliphatic rings. The smallest absolute Gasteiger partial charge is 0.191 e. The summed E-state index contributed by atoms with van der Waals surface area (Å²) in [5.41, 5.74) is 3.99. The topological polar surface area (TPSA) is 84.3 Å². The van der Waals surface area contributed by atoms with Crippen molar-refractivity contribution in [3.8, 4) is 23.0 Å². The number of phenolic OH excluding ortho intramolecular Hbond substituents is 1. The molecule has 0 bridgehead atoms. The Bertz CT molecular complexity index is 830. The van der Waals surface area contributed by atoms with E-state index in [1.165, 1.54) is 33.6 Å². The average Bonchev–Trinajstić information content (AvgIpc) is 2.64. The number of benzene rings is 2. The van der Waals surface area contributed by atoms with Crippen LogP contribution in [0.3, 0.4) is 0 Å². The molecule has 0 fully saturated rings. The number of methoxy groups -OCH3 is 3. The van der Waals surface area contributed by atoms with Gasteiger partial charge in [0.05, 0.1) is 38.3 Å². The molecule has 0 aliphatic carbocycles. The number of nitrogens with zero attached hydrogens (tertiary/aromatic N) is 1. The Kier molecular flexibility index (Phi) is 6.88. The quantitative estimate of drug-likeness (QED) is 0.392. The van der Waals surface area contributed by atoms with Crippen molar-refractivity contribution in [1.29, 1.82) is 0 Å². The number of thiocarbonyl (C=S) groups is 1. The van der Waals surface area contributed by atoms with Crippen molar-refractivity contribution in [2.45, 2.75) is 0 Å². The van der Waals surface area contributed by atoms with E-state index in [1.807, 2.05) is 0 Å². The Hall–Kier alpha value is -2.71. The second-order valence-corrected chi connectivity index (χ2v) is 5.76. The molecule has 7 nitrogen and oxygen atoms in total. The van der Waals surface area contributed by atoms with Crippen molar-refractivity contribution < 1.29 is 19.3 Å². The van der Waals surface area contributed by atoms with Gasteiger partial charge in [0, 0.05) is 12.1 Å². The van der Waals surface area contributed by atoms with E-state index in [4.69, 9.17) is 38.0 Å². The molecule has 138 valence electrons. The Morgan fingerprint density at radius 2 is 1.77 bits per heavy atom. The summed E-state index contributed by atoms with van der Waals surface area (Å²) >= 11 is 11.3. The van der Waals surface area contributed by atoms with Crippen LogP contribution in [0.4, 0.5) is 5.69 Å². The molecule has 0 aliphatic heterocycles. The van der Waals surface area contributed by atoms with E-state index >= 15 is 0 Å². The molecule has 0 unspecified atom stereocenters. The highest BCUT2D eigenvalue weighted by molar-refractivity contribution is 7.80. The summed E-state index contributed by atoms with van der Waals surface area (Å²) < 4.78 is 15.5. The van der Waals surface area contributed by atoms with Gasteiger partial charge in [-0.25, -0.2) is 0 Å². The lowest BCUT2D eigenvalue weighted by Crippen LogP contribution is -2.24. The summed E-state index contributed by atoms with van der Waals surface area (Å²) in [7, 11) is 4.52. The fraction of sp³-hybridized carbons (Fsp3) is 0.176. The summed E-state index contributed by atoms with van der Waals surface area (Å²) in [6.07, 6.45) is 1.54. The van der Waals surface area contributed by atoms with Gasteiger partial charge in [0.2, 0.25) is 0 Å². The number of nitrogens with one attached hydrogen (secondary N) is 2. The fourth-order valence-electron chi connectivity index (χ4n) is 2.05. The molecule has 0 saturated heterocycles. The van der Waals surface area contributed by atoms with Crippen LogP contribution in [0.2, 0.25) is 5.02 Å². The van der Waals surface area contributed by atoms with Crippen LogP contribution in [0.5, 0.6) is 23.0 Å². The minimum absolute atomic E-state index is 0.0542. The van der Waals surface area contributed by atoms with Crippen molar-refractivity contribution in [2.24, 2.45) is 5.10 Å². The number of hydrogen-bond donors (Lipinski definition) is 3. The molecule has 26 heavy (non-hydrogen) atoms. The van der Waals surface area contributed by atoms with Gasteiger partial charge in [0.15, 0.2) is 16.6 Å². The Morgan fingerprint density at radius 1 is 1.08 bits per heavy atom. The first-order valence-electron chi connectivity index (χ1n) is 7.37. The third-order valence-electron chi connectivity index (χ3n) is 3.31. The Morgan fingerprint density at radius 3 is 2.42 bits per heavy atom. The zero-order chi connectivity index (χ0) is 19.1. The summed E-state index contributed by atoms with van der Waals surface area (Å²) in [4.78, 5) is 0. The molecule has 0 radical (unpaired) electrons.